The number of hydrogen-bond acceptors (Lipinski definition) is 3. The maximum atomic E-state index is 5.87. The van der Waals surface area contributed by atoms with Crippen molar-refractivity contribution >= 4 is 27.3 Å². The van der Waals surface area contributed by atoms with Crippen LogP contribution in [0.4, 0.5) is 0 Å². The number of thiophene rings is 1. The third-order valence-corrected chi connectivity index (χ3v) is 5.31. The van der Waals surface area contributed by atoms with Gasteiger partial charge in [0.05, 0.1) is 0 Å². The molecule has 2 heterocycles. The molecular formula is C12H19BrN2S. The zero-order valence-electron chi connectivity index (χ0n) is 9.66. The number of nitrogens with two attached hydrogens (primary N) is 1. The fourth-order valence-corrected chi connectivity index (χ4v) is 4.02. The van der Waals surface area contributed by atoms with E-state index in [0.29, 0.717) is 12.1 Å². The van der Waals surface area contributed by atoms with Gasteiger partial charge < -0.3 is 5.73 Å². The molecular weight excluding hydrogens is 284 g/mol. The molecule has 1 aromatic rings. The Morgan fingerprint density at radius 1 is 1.62 bits per heavy atom. The van der Waals surface area contributed by atoms with Gasteiger partial charge in [0, 0.05) is 33.4 Å². The summed E-state index contributed by atoms with van der Waals surface area (Å²) in [5, 5.41) is 2.16. The number of piperidine rings is 1. The lowest BCUT2D eigenvalue weighted by Crippen LogP contribution is -2.45. The summed E-state index contributed by atoms with van der Waals surface area (Å²) in [6.45, 7) is 4.28. The van der Waals surface area contributed by atoms with E-state index in [-0.39, 0.29) is 0 Å². The molecule has 0 aromatic carbocycles. The van der Waals surface area contributed by atoms with E-state index < -0.39 is 0 Å². The fraction of sp³-hybridized carbons (Fsp3) is 0.667. The van der Waals surface area contributed by atoms with Crippen LogP contribution in [0.2, 0.25) is 0 Å². The second-order valence-corrected chi connectivity index (χ2v) is 6.32. The van der Waals surface area contributed by atoms with Crippen LogP contribution in [-0.4, -0.2) is 24.0 Å². The first-order valence-corrected chi connectivity index (χ1v) is 7.59. The molecule has 2 rings (SSSR count). The van der Waals surface area contributed by atoms with E-state index >= 15 is 0 Å². The molecule has 0 amide bonds. The van der Waals surface area contributed by atoms with E-state index in [9.17, 15) is 0 Å². The molecule has 1 fully saturated rings. The molecule has 0 bridgehead atoms. The van der Waals surface area contributed by atoms with Crippen molar-refractivity contribution in [3.63, 3.8) is 0 Å². The lowest BCUT2D eigenvalue weighted by Gasteiger charge is -2.39. The Kier molecular flexibility index (Phi) is 4.41. The van der Waals surface area contributed by atoms with Crippen molar-refractivity contribution in [1.29, 1.82) is 0 Å². The van der Waals surface area contributed by atoms with Crippen LogP contribution in [0.15, 0.2) is 15.9 Å². The monoisotopic (exact) mass is 302 g/mol. The fourth-order valence-electron chi connectivity index (χ4n) is 2.50. The van der Waals surface area contributed by atoms with Crippen LogP contribution in [0.5, 0.6) is 0 Å². The van der Waals surface area contributed by atoms with E-state index in [1.807, 2.05) is 11.3 Å². The van der Waals surface area contributed by atoms with Crippen molar-refractivity contribution in [1.82, 2.24) is 4.90 Å². The molecule has 2 atom stereocenters. The standard InChI is InChI=1S/C12H19BrN2S/c1-9(12-6-10(13)8-16-12)15-5-3-2-4-11(15)7-14/h6,8-9,11H,2-5,7,14H2,1H3. The predicted molar refractivity (Wildman–Crippen MR) is 73.8 cm³/mol. The molecule has 0 radical (unpaired) electrons. The second kappa shape index (κ2) is 5.63. The van der Waals surface area contributed by atoms with Crippen LogP contribution in [0.25, 0.3) is 0 Å². The molecule has 2 nitrogen and oxygen atoms in total. The molecule has 90 valence electrons. The SMILES string of the molecule is CC(c1cc(Br)cs1)N1CCCCC1CN. The van der Waals surface area contributed by atoms with E-state index in [1.165, 1.54) is 35.2 Å². The van der Waals surface area contributed by atoms with Crippen molar-refractivity contribution in [2.75, 3.05) is 13.1 Å². The number of rotatable bonds is 3. The van der Waals surface area contributed by atoms with Gasteiger partial charge in [0.1, 0.15) is 0 Å². The summed E-state index contributed by atoms with van der Waals surface area (Å²) in [5.41, 5.74) is 5.87. The Balaban J connectivity index is 2.10. The molecule has 0 aliphatic carbocycles. The van der Waals surface area contributed by atoms with Gasteiger partial charge in [0.2, 0.25) is 0 Å². The molecule has 0 spiro atoms. The Morgan fingerprint density at radius 3 is 3.06 bits per heavy atom. The number of likely N-dealkylation sites (tertiary alicyclic amines) is 1. The van der Waals surface area contributed by atoms with Crippen LogP contribution in [0.1, 0.15) is 37.1 Å². The minimum Gasteiger partial charge on any atom is -0.329 e. The number of hydrogen-bond donors (Lipinski definition) is 1. The third kappa shape index (κ3) is 2.67. The van der Waals surface area contributed by atoms with Gasteiger partial charge in [0.25, 0.3) is 0 Å². The van der Waals surface area contributed by atoms with Crippen LogP contribution >= 0.6 is 27.3 Å². The first kappa shape index (κ1) is 12.6. The molecule has 16 heavy (non-hydrogen) atoms. The summed E-state index contributed by atoms with van der Waals surface area (Å²) in [6.07, 6.45) is 3.90. The summed E-state index contributed by atoms with van der Waals surface area (Å²) in [4.78, 5) is 4.01. The maximum absolute atomic E-state index is 5.87. The summed E-state index contributed by atoms with van der Waals surface area (Å²) in [7, 11) is 0. The van der Waals surface area contributed by atoms with E-state index in [1.54, 1.807) is 0 Å². The van der Waals surface area contributed by atoms with Gasteiger partial charge in [-0.25, -0.2) is 0 Å². The smallest absolute Gasteiger partial charge is 0.0417 e. The number of nitrogens with zero attached hydrogens (tertiary/aromatic N) is 1. The topological polar surface area (TPSA) is 29.3 Å². The summed E-state index contributed by atoms with van der Waals surface area (Å²) in [5.74, 6) is 0. The maximum Gasteiger partial charge on any atom is 0.0417 e. The Morgan fingerprint density at radius 2 is 2.44 bits per heavy atom. The highest BCUT2D eigenvalue weighted by atomic mass is 79.9. The van der Waals surface area contributed by atoms with Gasteiger partial charge in [0.15, 0.2) is 0 Å². The highest BCUT2D eigenvalue weighted by Crippen LogP contribution is 2.32. The first-order valence-electron chi connectivity index (χ1n) is 5.92. The van der Waals surface area contributed by atoms with Gasteiger partial charge in [-0.1, -0.05) is 6.42 Å². The van der Waals surface area contributed by atoms with Gasteiger partial charge in [-0.05, 0) is 48.3 Å². The largest absolute Gasteiger partial charge is 0.329 e. The van der Waals surface area contributed by atoms with Crippen molar-refractivity contribution in [2.24, 2.45) is 5.73 Å². The Labute approximate surface area is 110 Å². The lowest BCUT2D eigenvalue weighted by molar-refractivity contribution is 0.109. The highest BCUT2D eigenvalue weighted by Gasteiger charge is 2.26. The molecule has 2 N–H and O–H groups in total. The average molecular weight is 303 g/mol. The van der Waals surface area contributed by atoms with Crippen molar-refractivity contribution in [3.8, 4) is 0 Å². The van der Waals surface area contributed by atoms with Crippen LogP contribution in [-0.2, 0) is 0 Å². The van der Waals surface area contributed by atoms with Crippen LogP contribution in [0, 0.1) is 0 Å². The normalized spacial score (nSPS) is 24.6. The highest BCUT2D eigenvalue weighted by molar-refractivity contribution is 9.10. The van der Waals surface area contributed by atoms with E-state index in [0.717, 1.165) is 6.54 Å². The zero-order valence-corrected chi connectivity index (χ0v) is 12.1. The molecule has 4 heteroatoms. The zero-order chi connectivity index (χ0) is 11.5. The minimum absolute atomic E-state index is 0.505. The summed E-state index contributed by atoms with van der Waals surface area (Å²) < 4.78 is 1.20. The first-order chi connectivity index (χ1) is 7.72. The van der Waals surface area contributed by atoms with Gasteiger partial charge in [-0.2, -0.15) is 0 Å². The Bertz CT molecular complexity index is 340. The second-order valence-electron chi connectivity index (χ2n) is 4.47. The average Bonchev–Trinajstić information content (AvgIpc) is 2.75. The molecule has 1 aliphatic heterocycles. The molecule has 2 unspecified atom stereocenters. The lowest BCUT2D eigenvalue weighted by atomic mass is 10.00. The molecule has 1 saturated heterocycles. The van der Waals surface area contributed by atoms with Crippen molar-refractivity contribution in [2.45, 2.75) is 38.3 Å². The van der Waals surface area contributed by atoms with E-state index in [4.69, 9.17) is 5.73 Å². The summed E-state index contributed by atoms with van der Waals surface area (Å²) >= 11 is 5.36. The van der Waals surface area contributed by atoms with Crippen LogP contribution < -0.4 is 5.73 Å². The predicted octanol–water partition coefficient (Wildman–Crippen LogP) is 3.38. The third-order valence-electron chi connectivity index (χ3n) is 3.44. The molecule has 1 aliphatic rings. The van der Waals surface area contributed by atoms with Crippen molar-refractivity contribution in [3.05, 3.63) is 20.8 Å². The van der Waals surface area contributed by atoms with Gasteiger partial charge in [-0.3, -0.25) is 4.90 Å². The summed E-state index contributed by atoms with van der Waals surface area (Å²) in [6, 6.07) is 3.31. The number of halogens is 1. The van der Waals surface area contributed by atoms with Crippen LogP contribution in [0.3, 0.4) is 0 Å². The van der Waals surface area contributed by atoms with Crippen molar-refractivity contribution < 1.29 is 0 Å². The van der Waals surface area contributed by atoms with Gasteiger partial charge >= 0.3 is 0 Å². The van der Waals surface area contributed by atoms with Gasteiger partial charge in [-0.15, -0.1) is 11.3 Å². The molecule has 0 saturated carbocycles. The van der Waals surface area contributed by atoms with E-state index in [2.05, 4.69) is 39.2 Å². The minimum atomic E-state index is 0.505. The molecule has 1 aromatic heterocycles. The quantitative estimate of drug-likeness (QED) is 0.927. The Hall–Kier alpha value is 0.1000.